The Labute approximate surface area is 188 Å². The van der Waals surface area contributed by atoms with Crippen molar-refractivity contribution in [2.24, 2.45) is 5.92 Å². The van der Waals surface area contributed by atoms with Crippen molar-refractivity contribution in [2.75, 3.05) is 19.4 Å². The van der Waals surface area contributed by atoms with Crippen LogP contribution < -0.4 is 10.1 Å². The molecule has 0 aromatic heterocycles. The zero-order chi connectivity index (χ0) is 22.8. The summed E-state index contributed by atoms with van der Waals surface area (Å²) in [5, 5.41) is 2.89. The maximum atomic E-state index is 13.3. The van der Waals surface area contributed by atoms with Gasteiger partial charge >= 0.3 is 0 Å². The maximum absolute atomic E-state index is 13.3. The maximum Gasteiger partial charge on any atom is 0.242 e. The second-order valence-corrected chi connectivity index (χ2v) is 8.79. The number of methoxy groups -OCH3 is 1. The number of thioether (sulfide) groups is 1. The number of hydrogen-bond acceptors (Lipinski definition) is 4. The van der Waals surface area contributed by atoms with Gasteiger partial charge in [0.15, 0.2) is 0 Å². The first kappa shape index (κ1) is 24.7. The first-order valence-electron chi connectivity index (χ1n) is 10.3. The van der Waals surface area contributed by atoms with Gasteiger partial charge in [0.1, 0.15) is 17.6 Å². The van der Waals surface area contributed by atoms with Gasteiger partial charge in [0.25, 0.3) is 0 Å². The Balaban J connectivity index is 2.03. The summed E-state index contributed by atoms with van der Waals surface area (Å²) >= 11 is 1.49. The molecular formula is C24H31FN2O3S. The molecule has 0 aliphatic heterocycles. The lowest BCUT2D eigenvalue weighted by Gasteiger charge is -2.29. The van der Waals surface area contributed by atoms with Gasteiger partial charge < -0.3 is 15.0 Å². The molecule has 0 unspecified atom stereocenters. The van der Waals surface area contributed by atoms with Crippen molar-refractivity contribution in [3.05, 3.63) is 65.5 Å². The molecule has 0 fully saturated rings. The van der Waals surface area contributed by atoms with E-state index in [1.807, 2.05) is 38.1 Å². The number of nitrogens with zero attached hydrogens (tertiary/aromatic N) is 1. The zero-order valence-electron chi connectivity index (χ0n) is 18.6. The van der Waals surface area contributed by atoms with Crippen LogP contribution in [0.2, 0.25) is 0 Å². The fourth-order valence-electron chi connectivity index (χ4n) is 2.88. The predicted molar refractivity (Wildman–Crippen MR) is 123 cm³/mol. The lowest BCUT2D eigenvalue weighted by atomic mass is 10.1. The molecule has 2 aromatic carbocycles. The van der Waals surface area contributed by atoms with Crippen molar-refractivity contribution in [3.8, 4) is 5.75 Å². The molecule has 0 bridgehead atoms. The van der Waals surface area contributed by atoms with E-state index in [9.17, 15) is 14.0 Å². The number of rotatable bonds is 11. The third-order valence-electron chi connectivity index (χ3n) is 4.77. The van der Waals surface area contributed by atoms with Crippen LogP contribution in [0.3, 0.4) is 0 Å². The molecule has 0 radical (unpaired) electrons. The second-order valence-electron chi connectivity index (χ2n) is 7.80. The molecule has 2 aromatic rings. The molecule has 168 valence electrons. The molecule has 2 amide bonds. The SMILES string of the molecule is COc1ccc(CSCC(=O)N(Cc2ccc(F)cc2)[C@H](C)C(=O)NCC(C)C)cc1. The third-order valence-corrected chi connectivity index (χ3v) is 5.76. The smallest absolute Gasteiger partial charge is 0.242 e. The highest BCUT2D eigenvalue weighted by atomic mass is 32.2. The first-order chi connectivity index (χ1) is 14.8. The molecule has 1 atom stereocenters. The van der Waals surface area contributed by atoms with Gasteiger partial charge in [-0.25, -0.2) is 4.39 Å². The number of halogens is 1. The lowest BCUT2D eigenvalue weighted by Crippen LogP contribution is -2.48. The third kappa shape index (κ3) is 8.25. The van der Waals surface area contributed by atoms with E-state index >= 15 is 0 Å². The van der Waals surface area contributed by atoms with Gasteiger partial charge in [0.2, 0.25) is 11.8 Å². The average Bonchev–Trinajstić information content (AvgIpc) is 2.76. The summed E-state index contributed by atoms with van der Waals surface area (Å²) in [6.07, 6.45) is 0. The Bertz CT molecular complexity index is 841. The molecule has 0 heterocycles. The first-order valence-corrected chi connectivity index (χ1v) is 11.5. The minimum atomic E-state index is -0.627. The molecule has 0 saturated heterocycles. The Morgan fingerprint density at radius 3 is 2.23 bits per heavy atom. The average molecular weight is 447 g/mol. The van der Waals surface area contributed by atoms with E-state index in [1.54, 1.807) is 31.1 Å². The Kier molecular flexibility index (Phi) is 9.85. The largest absolute Gasteiger partial charge is 0.497 e. The molecule has 1 N–H and O–H groups in total. The molecule has 7 heteroatoms. The monoisotopic (exact) mass is 446 g/mol. The van der Waals surface area contributed by atoms with E-state index in [1.165, 1.54) is 23.9 Å². The van der Waals surface area contributed by atoms with Gasteiger partial charge in [0.05, 0.1) is 12.9 Å². The van der Waals surface area contributed by atoms with Gasteiger partial charge in [-0.2, -0.15) is 0 Å². The fraction of sp³-hybridized carbons (Fsp3) is 0.417. The highest BCUT2D eigenvalue weighted by molar-refractivity contribution is 7.99. The number of carbonyl (C=O) groups is 2. The van der Waals surface area contributed by atoms with E-state index < -0.39 is 6.04 Å². The second kappa shape index (κ2) is 12.3. The van der Waals surface area contributed by atoms with Gasteiger partial charge in [-0.1, -0.05) is 38.1 Å². The van der Waals surface area contributed by atoms with Crippen LogP contribution in [-0.2, 0) is 21.9 Å². The summed E-state index contributed by atoms with van der Waals surface area (Å²) < 4.78 is 18.4. The van der Waals surface area contributed by atoms with Gasteiger partial charge in [-0.3, -0.25) is 9.59 Å². The van der Waals surface area contributed by atoms with Gasteiger partial charge in [0, 0.05) is 18.8 Å². The summed E-state index contributed by atoms with van der Waals surface area (Å²) in [6, 6.07) is 13.1. The summed E-state index contributed by atoms with van der Waals surface area (Å²) in [7, 11) is 1.62. The van der Waals surface area contributed by atoms with Crippen LogP contribution in [-0.4, -0.2) is 42.2 Å². The lowest BCUT2D eigenvalue weighted by molar-refractivity contribution is -0.138. The van der Waals surface area contributed by atoms with E-state index in [0.717, 1.165) is 16.9 Å². The van der Waals surface area contributed by atoms with Crippen LogP contribution in [0.1, 0.15) is 31.9 Å². The van der Waals surface area contributed by atoms with E-state index in [-0.39, 0.29) is 29.9 Å². The van der Waals surface area contributed by atoms with E-state index in [0.29, 0.717) is 18.2 Å². The van der Waals surface area contributed by atoms with Crippen molar-refractivity contribution in [3.63, 3.8) is 0 Å². The zero-order valence-corrected chi connectivity index (χ0v) is 19.4. The van der Waals surface area contributed by atoms with Crippen molar-refractivity contribution >= 4 is 23.6 Å². The number of carbonyl (C=O) groups excluding carboxylic acids is 2. The summed E-state index contributed by atoms with van der Waals surface area (Å²) in [6.45, 7) is 6.56. The number of ether oxygens (including phenoxy) is 1. The van der Waals surface area contributed by atoms with Crippen LogP contribution in [0.4, 0.5) is 4.39 Å². The highest BCUT2D eigenvalue weighted by Crippen LogP contribution is 2.18. The molecule has 0 spiro atoms. The van der Waals surface area contributed by atoms with E-state index in [4.69, 9.17) is 4.74 Å². The molecule has 0 aliphatic carbocycles. The number of amides is 2. The molecule has 31 heavy (non-hydrogen) atoms. The number of hydrogen-bond donors (Lipinski definition) is 1. The van der Waals surface area contributed by atoms with Crippen molar-refractivity contribution in [2.45, 2.75) is 39.1 Å². The summed E-state index contributed by atoms with van der Waals surface area (Å²) in [4.78, 5) is 27.2. The quantitative estimate of drug-likeness (QED) is 0.560. The Morgan fingerprint density at radius 1 is 1.03 bits per heavy atom. The van der Waals surface area contributed by atoms with Crippen LogP contribution in [0.25, 0.3) is 0 Å². The van der Waals surface area contributed by atoms with E-state index in [2.05, 4.69) is 5.32 Å². The van der Waals surface area contributed by atoms with Crippen LogP contribution in [0, 0.1) is 11.7 Å². The van der Waals surface area contributed by atoms with Gasteiger partial charge in [-0.15, -0.1) is 11.8 Å². The summed E-state index contributed by atoms with van der Waals surface area (Å²) in [5.41, 5.74) is 1.87. The molecule has 0 saturated carbocycles. The van der Waals surface area contributed by atoms with Crippen molar-refractivity contribution < 1.29 is 18.7 Å². The van der Waals surface area contributed by atoms with Crippen LogP contribution >= 0.6 is 11.8 Å². The molecule has 0 aliphatic rings. The van der Waals surface area contributed by atoms with Gasteiger partial charge in [-0.05, 0) is 48.2 Å². The van der Waals surface area contributed by atoms with Crippen molar-refractivity contribution in [1.82, 2.24) is 10.2 Å². The topological polar surface area (TPSA) is 58.6 Å². The molecule has 5 nitrogen and oxygen atoms in total. The predicted octanol–water partition coefficient (Wildman–Crippen LogP) is 4.26. The van der Waals surface area contributed by atoms with Crippen molar-refractivity contribution in [1.29, 1.82) is 0 Å². The standard InChI is InChI=1S/C24H31FN2O3S/c1-17(2)13-26-24(29)18(3)27(14-19-5-9-21(25)10-6-19)23(28)16-31-15-20-7-11-22(30-4)12-8-20/h5-12,17-18H,13-16H2,1-4H3,(H,26,29)/t18-/m1/s1. The normalized spacial score (nSPS) is 11.8. The number of nitrogens with one attached hydrogen (secondary N) is 1. The molecular weight excluding hydrogens is 415 g/mol. The molecule has 2 rings (SSSR count). The van der Waals surface area contributed by atoms with Crippen LogP contribution in [0.15, 0.2) is 48.5 Å². The summed E-state index contributed by atoms with van der Waals surface area (Å²) in [5.74, 6) is 1.37. The fourth-order valence-corrected chi connectivity index (χ4v) is 3.75. The highest BCUT2D eigenvalue weighted by Gasteiger charge is 2.26. The Morgan fingerprint density at radius 2 is 1.65 bits per heavy atom. The number of benzene rings is 2. The minimum Gasteiger partial charge on any atom is -0.497 e. The Hall–Kier alpha value is -2.54. The van der Waals surface area contributed by atoms with Crippen LogP contribution in [0.5, 0.6) is 5.75 Å². The minimum absolute atomic E-state index is 0.130.